The standard InChI is InChI=1S/C15H9F3N2O2S/c16-15(17,18)9-3-1-2-4-11(9)23-13-8-5-6-19-7-10(8)20-12(13)14(21)22/h1-7,20H,(H,21,22). The van der Waals surface area contributed by atoms with Crippen LogP contribution in [0.1, 0.15) is 16.1 Å². The van der Waals surface area contributed by atoms with Gasteiger partial charge in [0.1, 0.15) is 5.69 Å². The van der Waals surface area contributed by atoms with Crippen LogP contribution in [0.25, 0.3) is 10.9 Å². The number of aromatic amines is 1. The van der Waals surface area contributed by atoms with Gasteiger partial charge in [0, 0.05) is 16.5 Å². The number of carboxylic acids is 1. The Balaban J connectivity index is 2.16. The first kappa shape index (κ1) is 15.4. The van der Waals surface area contributed by atoms with Gasteiger partial charge in [0.05, 0.1) is 22.2 Å². The third-order valence-corrected chi connectivity index (χ3v) is 4.37. The Hall–Kier alpha value is -2.48. The van der Waals surface area contributed by atoms with E-state index in [1.807, 2.05) is 0 Å². The number of benzene rings is 1. The van der Waals surface area contributed by atoms with Crippen molar-refractivity contribution in [2.24, 2.45) is 0 Å². The summed E-state index contributed by atoms with van der Waals surface area (Å²) in [6, 6.07) is 6.63. The molecule has 8 heteroatoms. The summed E-state index contributed by atoms with van der Waals surface area (Å²) in [6.45, 7) is 0. The molecular formula is C15H9F3N2O2S. The summed E-state index contributed by atoms with van der Waals surface area (Å²) >= 11 is 0.772. The van der Waals surface area contributed by atoms with Gasteiger partial charge in [-0.05, 0) is 18.2 Å². The number of H-pyrrole nitrogens is 1. The molecule has 0 unspecified atom stereocenters. The number of alkyl halides is 3. The number of hydrogen-bond donors (Lipinski definition) is 2. The smallest absolute Gasteiger partial charge is 0.417 e. The molecule has 0 bridgehead atoms. The summed E-state index contributed by atoms with van der Waals surface area (Å²) in [5, 5.41) is 9.80. The monoisotopic (exact) mass is 338 g/mol. The minimum Gasteiger partial charge on any atom is -0.477 e. The first-order valence-corrected chi connectivity index (χ1v) is 7.22. The van der Waals surface area contributed by atoms with Gasteiger partial charge >= 0.3 is 12.1 Å². The van der Waals surface area contributed by atoms with Crippen LogP contribution in [-0.2, 0) is 6.18 Å². The van der Waals surface area contributed by atoms with Gasteiger partial charge in [-0.1, -0.05) is 23.9 Å². The van der Waals surface area contributed by atoms with Crippen LogP contribution in [0.4, 0.5) is 13.2 Å². The molecule has 0 aliphatic carbocycles. The van der Waals surface area contributed by atoms with Crippen molar-refractivity contribution in [3.63, 3.8) is 0 Å². The Morgan fingerprint density at radius 3 is 2.65 bits per heavy atom. The molecule has 0 aliphatic rings. The highest BCUT2D eigenvalue weighted by atomic mass is 32.2. The first-order chi connectivity index (χ1) is 10.9. The maximum Gasteiger partial charge on any atom is 0.417 e. The second kappa shape index (κ2) is 5.62. The van der Waals surface area contributed by atoms with Crippen LogP contribution < -0.4 is 0 Å². The first-order valence-electron chi connectivity index (χ1n) is 6.41. The Kier molecular flexibility index (Phi) is 3.77. The molecule has 3 rings (SSSR count). The van der Waals surface area contributed by atoms with Gasteiger partial charge < -0.3 is 10.1 Å². The van der Waals surface area contributed by atoms with Gasteiger partial charge in [-0.2, -0.15) is 13.2 Å². The molecule has 0 aliphatic heterocycles. The number of carboxylic acid groups (broad SMARTS) is 1. The Morgan fingerprint density at radius 1 is 1.22 bits per heavy atom. The van der Waals surface area contributed by atoms with Crippen LogP contribution in [0.15, 0.2) is 52.5 Å². The van der Waals surface area contributed by atoms with E-state index in [4.69, 9.17) is 0 Å². The summed E-state index contributed by atoms with van der Waals surface area (Å²) in [7, 11) is 0. The second-order valence-electron chi connectivity index (χ2n) is 4.65. The zero-order chi connectivity index (χ0) is 16.6. The molecule has 118 valence electrons. The van der Waals surface area contributed by atoms with Crippen LogP contribution in [0.2, 0.25) is 0 Å². The van der Waals surface area contributed by atoms with Crippen molar-refractivity contribution in [3.8, 4) is 0 Å². The molecular weight excluding hydrogens is 329 g/mol. The number of fused-ring (bicyclic) bond motifs is 1. The topological polar surface area (TPSA) is 66.0 Å². The summed E-state index contributed by atoms with van der Waals surface area (Å²) < 4.78 is 39.3. The highest BCUT2D eigenvalue weighted by Gasteiger charge is 2.34. The minimum absolute atomic E-state index is 0.0554. The van der Waals surface area contributed by atoms with Crippen LogP contribution >= 0.6 is 11.8 Å². The average Bonchev–Trinajstić information content (AvgIpc) is 2.86. The highest BCUT2D eigenvalue weighted by Crippen LogP contribution is 2.42. The molecule has 0 saturated carbocycles. The van der Waals surface area contributed by atoms with Gasteiger partial charge in [-0.3, -0.25) is 4.98 Å². The largest absolute Gasteiger partial charge is 0.477 e. The summed E-state index contributed by atoms with van der Waals surface area (Å²) in [4.78, 5) is 18.1. The fourth-order valence-electron chi connectivity index (χ4n) is 2.17. The number of rotatable bonds is 3. The van der Waals surface area contributed by atoms with E-state index in [1.165, 1.54) is 30.6 Å². The van der Waals surface area contributed by atoms with Gasteiger partial charge in [-0.15, -0.1) is 0 Å². The molecule has 2 aromatic heterocycles. The normalized spacial score (nSPS) is 11.8. The van der Waals surface area contributed by atoms with E-state index < -0.39 is 17.7 Å². The number of nitrogens with zero attached hydrogens (tertiary/aromatic N) is 1. The fraction of sp³-hybridized carbons (Fsp3) is 0.0667. The maximum atomic E-state index is 13.1. The summed E-state index contributed by atoms with van der Waals surface area (Å²) in [5.74, 6) is -1.24. The number of aromatic carboxylic acids is 1. The van der Waals surface area contributed by atoms with Gasteiger partial charge in [0.15, 0.2) is 0 Å². The predicted molar refractivity (Wildman–Crippen MR) is 78.6 cm³/mol. The lowest BCUT2D eigenvalue weighted by Crippen LogP contribution is -2.06. The van der Waals surface area contributed by atoms with E-state index in [9.17, 15) is 23.1 Å². The molecule has 3 aromatic rings. The number of pyridine rings is 1. The Morgan fingerprint density at radius 2 is 1.96 bits per heavy atom. The number of hydrogen-bond acceptors (Lipinski definition) is 3. The molecule has 23 heavy (non-hydrogen) atoms. The van der Waals surface area contributed by atoms with Crippen molar-refractivity contribution in [2.45, 2.75) is 16.0 Å². The van der Waals surface area contributed by atoms with Crippen LogP contribution in [0, 0.1) is 0 Å². The third kappa shape index (κ3) is 2.89. The Bertz CT molecular complexity index is 890. The van der Waals surface area contributed by atoms with E-state index in [0.29, 0.717) is 10.9 Å². The van der Waals surface area contributed by atoms with Crippen molar-refractivity contribution >= 4 is 28.6 Å². The third-order valence-electron chi connectivity index (χ3n) is 3.17. The molecule has 0 radical (unpaired) electrons. The van der Waals surface area contributed by atoms with Gasteiger partial charge in [-0.25, -0.2) is 4.79 Å². The molecule has 0 fully saturated rings. The molecule has 0 saturated heterocycles. The van der Waals surface area contributed by atoms with E-state index in [1.54, 1.807) is 6.07 Å². The lowest BCUT2D eigenvalue weighted by atomic mass is 10.2. The van der Waals surface area contributed by atoms with Crippen molar-refractivity contribution in [2.75, 3.05) is 0 Å². The van der Waals surface area contributed by atoms with Gasteiger partial charge in [0.25, 0.3) is 0 Å². The van der Waals surface area contributed by atoms with Gasteiger partial charge in [0.2, 0.25) is 0 Å². The van der Waals surface area contributed by atoms with Crippen molar-refractivity contribution in [3.05, 3.63) is 54.0 Å². The molecule has 0 atom stereocenters. The quantitative estimate of drug-likeness (QED) is 0.741. The molecule has 0 spiro atoms. The molecule has 1 aromatic carbocycles. The molecule has 4 nitrogen and oxygen atoms in total. The summed E-state index contributed by atoms with van der Waals surface area (Å²) in [6.07, 6.45) is -1.62. The lowest BCUT2D eigenvalue weighted by molar-refractivity contribution is -0.139. The minimum atomic E-state index is -4.51. The van der Waals surface area contributed by atoms with Crippen LogP contribution in [0.5, 0.6) is 0 Å². The maximum absolute atomic E-state index is 13.1. The number of aromatic nitrogens is 2. The highest BCUT2D eigenvalue weighted by molar-refractivity contribution is 7.99. The molecule has 2 N–H and O–H groups in total. The lowest BCUT2D eigenvalue weighted by Gasteiger charge is -2.12. The van der Waals surface area contributed by atoms with Crippen molar-refractivity contribution in [1.29, 1.82) is 0 Å². The summed E-state index contributed by atoms with van der Waals surface area (Å²) in [5.41, 5.74) is -0.503. The van der Waals surface area contributed by atoms with E-state index in [2.05, 4.69) is 9.97 Å². The van der Waals surface area contributed by atoms with Crippen molar-refractivity contribution in [1.82, 2.24) is 9.97 Å². The zero-order valence-electron chi connectivity index (χ0n) is 11.4. The predicted octanol–water partition coefficient (Wildman–Crippen LogP) is 4.43. The Labute approximate surface area is 132 Å². The number of nitrogens with one attached hydrogen (secondary N) is 1. The molecule has 0 amide bonds. The SMILES string of the molecule is O=C(O)c1[nH]c2cnccc2c1Sc1ccccc1C(F)(F)F. The molecule has 2 heterocycles. The number of halogens is 3. The van der Waals surface area contributed by atoms with Crippen molar-refractivity contribution < 1.29 is 23.1 Å². The van der Waals surface area contributed by atoms with E-state index >= 15 is 0 Å². The van der Waals surface area contributed by atoms with Crippen LogP contribution in [-0.4, -0.2) is 21.0 Å². The van der Waals surface area contributed by atoms with Crippen LogP contribution in [0.3, 0.4) is 0 Å². The van der Waals surface area contributed by atoms with E-state index in [-0.39, 0.29) is 15.5 Å². The number of carbonyl (C=O) groups is 1. The second-order valence-corrected chi connectivity index (χ2v) is 5.70. The zero-order valence-corrected chi connectivity index (χ0v) is 12.2. The van der Waals surface area contributed by atoms with E-state index in [0.717, 1.165) is 17.8 Å². The average molecular weight is 338 g/mol. The fourth-order valence-corrected chi connectivity index (χ4v) is 3.36.